The molecule has 1 aromatic heterocycles. The Kier molecular flexibility index (Phi) is 5.95. The van der Waals surface area contributed by atoms with E-state index in [1.807, 2.05) is 30.3 Å². The normalized spacial score (nSPS) is 17.2. The van der Waals surface area contributed by atoms with E-state index in [-0.39, 0.29) is 5.75 Å². The lowest BCUT2D eigenvalue weighted by atomic mass is 10.0. The molecule has 0 aliphatic carbocycles. The van der Waals surface area contributed by atoms with Crippen molar-refractivity contribution in [3.8, 4) is 5.75 Å². The van der Waals surface area contributed by atoms with Gasteiger partial charge in [0.15, 0.2) is 0 Å². The van der Waals surface area contributed by atoms with E-state index in [2.05, 4.69) is 35.3 Å². The van der Waals surface area contributed by atoms with Gasteiger partial charge < -0.3 is 24.4 Å². The molecule has 10 heteroatoms. The molecule has 2 aliphatic rings. The van der Waals surface area contributed by atoms with E-state index in [4.69, 9.17) is 9.47 Å². The van der Waals surface area contributed by atoms with Crippen LogP contribution in [0.25, 0.3) is 10.8 Å². The molecule has 0 atom stereocenters. The molecule has 0 amide bonds. The Bertz CT molecular complexity index is 1080. The topological polar surface area (TPSA) is 108 Å². The van der Waals surface area contributed by atoms with Gasteiger partial charge in [-0.3, -0.25) is 0 Å². The van der Waals surface area contributed by atoms with Crippen LogP contribution in [-0.2, 0) is 9.47 Å². The molecule has 0 saturated carbocycles. The Hall–Kier alpha value is -3.50. The minimum atomic E-state index is 0.160. The van der Waals surface area contributed by atoms with Crippen LogP contribution in [0.2, 0.25) is 0 Å². The van der Waals surface area contributed by atoms with Crippen LogP contribution in [0.5, 0.6) is 5.75 Å². The smallest absolute Gasteiger partial charge is 0.250 e. The number of hydrogen-bond donors (Lipinski definition) is 2. The van der Waals surface area contributed by atoms with Crippen LogP contribution in [0.15, 0.2) is 41.5 Å². The Balaban J connectivity index is 1.43. The summed E-state index contributed by atoms with van der Waals surface area (Å²) in [6.45, 7) is 5.44. The molecule has 0 unspecified atom stereocenters. The second kappa shape index (κ2) is 9.33. The van der Waals surface area contributed by atoms with Gasteiger partial charge in [-0.15, -0.1) is 0 Å². The van der Waals surface area contributed by atoms with E-state index in [0.29, 0.717) is 49.8 Å². The number of hydrazone groups is 1. The number of aromatic nitrogens is 3. The van der Waals surface area contributed by atoms with Crippen molar-refractivity contribution in [3.05, 3.63) is 42.0 Å². The number of nitrogens with zero attached hydrogens (tertiary/aromatic N) is 6. The van der Waals surface area contributed by atoms with E-state index < -0.39 is 0 Å². The highest BCUT2D eigenvalue weighted by Crippen LogP contribution is 2.25. The van der Waals surface area contributed by atoms with Crippen molar-refractivity contribution in [2.24, 2.45) is 5.10 Å². The van der Waals surface area contributed by atoms with Gasteiger partial charge in [0, 0.05) is 31.7 Å². The number of hydrogen-bond acceptors (Lipinski definition) is 10. The van der Waals surface area contributed by atoms with Crippen LogP contribution < -0.4 is 15.2 Å². The number of nitrogens with one attached hydrogen (secondary N) is 1. The van der Waals surface area contributed by atoms with Crippen LogP contribution in [0.3, 0.4) is 0 Å². The molecule has 166 valence electrons. The quantitative estimate of drug-likeness (QED) is 0.458. The van der Waals surface area contributed by atoms with Gasteiger partial charge in [0.05, 0.1) is 32.6 Å². The van der Waals surface area contributed by atoms with Crippen molar-refractivity contribution in [1.82, 2.24) is 15.0 Å². The molecular formula is C22H25N7O3. The van der Waals surface area contributed by atoms with Crippen LogP contribution in [-0.4, -0.2) is 78.9 Å². The molecular weight excluding hydrogens is 410 g/mol. The molecule has 2 saturated heterocycles. The molecule has 2 N–H and O–H groups in total. The van der Waals surface area contributed by atoms with Gasteiger partial charge in [0.2, 0.25) is 17.8 Å². The maximum atomic E-state index is 10.3. The summed E-state index contributed by atoms with van der Waals surface area (Å²) in [6, 6.07) is 11.4. The fourth-order valence-corrected chi connectivity index (χ4v) is 3.79. The Labute approximate surface area is 185 Å². The van der Waals surface area contributed by atoms with Gasteiger partial charge in [0.1, 0.15) is 5.75 Å². The Morgan fingerprint density at radius 3 is 2.12 bits per heavy atom. The number of fused-ring (bicyclic) bond motifs is 1. The second-order valence-corrected chi connectivity index (χ2v) is 7.55. The number of ether oxygens (including phenoxy) is 2. The van der Waals surface area contributed by atoms with Crippen molar-refractivity contribution in [3.63, 3.8) is 0 Å². The highest BCUT2D eigenvalue weighted by Gasteiger charge is 2.20. The summed E-state index contributed by atoms with van der Waals surface area (Å²) in [6.07, 6.45) is 1.59. The first-order valence-corrected chi connectivity index (χ1v) is 10.7. The lowest BCUT2D eigenvalue weighted by Gasteiger charge is -2.30. The lowest BCUT2D eigenvalue weighted by molar-refractivity contribution is 0.121. The molecule has 0 spiro atoms. The van der Waals surface area contributed by atoms with Crippen molar-refractivity contribution in [1.29, 1.82) is 0 Å². The van der Waals surface area contributed by atoms with E-state index >= 15 is 0 Å². The van der Waals surface area contributed by atoms with Crippen molar-refractivity contribution >= 4 is 34.8 Å². The summed E-state index contributed by atoms with van der Waals surface area (Å²) >= 11 is 0. The van der Waals surface area contributed by atoms with E-state index in [1.54, 1.807) is 12.3 Å². The molecule has 3 heterocycles. The Morgan fingerprint density at radius 2 is 1.47 bits per heavy atom. The van der Waals surface area contributed by atoms with Crippen molar-refractivity contribution in [2.75, 3.05) is 67.8 Å². The van der Waals surface area contributed by atoms with Crippen molar-refractivity contribution < 1.29 is 14.6 Å². The van der Waals surface area contributed by atoms with Crippen LogP contribution >= 0.6 is 0 Å². The standard InChI is InChI=1S/C22H25N7O3/c30-19-6-5-16-3-1-2-4-17(16)18(19)15-23-27-20-24-21(28-7-11-31-12-8-28)26-22(25-20)29-9-13-32-14-10-29/h1-6,15,30H,7-14H2,(H,24,25,26,27)/b23-15+. The highest BCUT2D eigenvalue weighted by molar-refractivity contribution is 6.02. The second-order valence-electron chi connectivity index (χ2n) is 7.55. The third kappa shape index (κ3) is 4.41. The molecule has 2 aromatic carbocycles. The van der Waals surface area contributed by atoms with Crippen LogP contribution in [0.4, 0.5) is 17.8 Å². The highest BCUT2D eigenvalue weighted by atomic mass is 16.5. The SMILES string of the molecule is Oc1ccc2ccccc2c1/C=N/Nc1nc(N2CCOCC2)nc(N2CCOCC2)n1. The van der Waals surface area contributed by atoms with E-state index in [9.17, 15) is 5.11 Å². The number of phenols is 1. The van der Waals surface area contributed by atoms with E-state index in [1.165, 1.54) is 0 Å². The maximum absolute atomic E-state index is 10.3. The third-order valence-electron chi connectivity index (χ3n) is 5.51. The first-order valence-electron chi connectivity index (χ1n) is 10.7. The van der Waals surface area contributed by atoms with Crippen molar-refractivity contribution in [2.45, 2.75) is 0 Å². The van der Waals surface area contributed by atoms with Gasteiger partial charge in [-0.2, -0.15) is 20.1 Å². The number of aromatic hydroxyl groups is 1. The predicted molar refractivity (Wildman–Crippen MR) is 123 cm³/mol. The van der Waals surface area contributed by atoms with Gasteiger partial charge >= 0.3 is 0 Å². The summed E-state index contributed by atoms with van der Waals surface area (Å²) in [5.74, 6) is 1.69. The summed E-state index contributed by atoms with van der Waals surface area (Å²) in [4.78, 5) is 18.0. The van der Waals surface area contributed by atoms with Gasteiger partial charge in [-0.05, 0) is 16.8 Å². The summed E-state index contributed by atoms with van der Waals surface area (Å²) in [7, 11) is 0. The lowest BCUT2D eigenvalue weighted by Crippen LogP contribution is -2.40. The Morgan fingerprint density at radius 1 is 0.844 bits per heavy atom. The predicted octanol–water partition coefficient (Wildman–Crippen LogP) is 1.85. The van der Waals surface area contributed by atoms with Crippen LogP contribution in [0.1, 0.15) is 5.56 Å². The minimum Gasteiger partial charge on any atom is -0.507 e. The first kappa shape index (κ1) is 20.4. The zero-order chi connectivity index (χ0) is 21.8. The number of rotatable bonds is 5. The third-order valence-corrected chi connectivity index (χ3v) is 5.51. The van der Waals surface area contributed by atoms with E-state index in [0.717, 1.165) is 37.0 Å². The number of anilines is 3. The molecule has 5 rings (SSSR count). The van der Waals surface area contributed by atoms with Crippen LogP contribution in [0, 0.1) is 0 Å². The average Bonchev–Trinajstić information content (AvgIpc) is 2.86. The molecule has 10 nitrogen and oxygen atoms in total. The summed E-state index contributed by atoms with van der Waals surface area (Å²) < 4.78 is 10.9. The maximum Gasteiger partial charge on any atom is 0.250 e. The summed E-state index contributed by atoms with van der Waals surface area (Å²) in [5, 5.41) is 16.6. The fraction of sp³-hybridized carbons (Fsp3) is 0.364. The average molecular weight is 435 g/mol. The number of phenolic OH excluding ortho intramolecular Hbond substituents is 1. The summed E-state index contributed by atoms with van der Waals surface area (Å²) in [5.41, 5.74) is 3.56. The molecule has 3 aromatic rings. The van der Waals surface area contributed by atoms with Gasteiger partial charge in [-0.25, -0.2) is 5.43 Å². The largest absolute Gasteiger partial charge is 0.507 e. The number of benzene rings is 2. The monoisotopic (exact) mass is 435 g/mol. The first-order chi connectivity index (χ1) is 15.8. The zero-order valence-corrected chi connectivity index (χ0v) is 17.6. The molecule has 2 fully saturated rings. The zero-order valence-electron chi connectivity index (χ0n) is 17.6. The fourth-order valence-electron chi connectivity index (χ4n) is 3.79. The van der Waals surface area contributed by atoms with Gasteiger partial charge in [0.25, 0.3) is 0 Å². The molecule has 0 radical (unpaired) electrons. The number of morpholine rings is 2. The molecule has 32 heavy (non-hydrogen) atoms. The van der Waals surface area contributed by atoms with Gasteiger partial charge in [-0.1, -0.05) is 30.3 Å². The minimum absolute atomic E-state index is 0.160. The molecule has 0 bridgehead atoms. The molecule has 2 aliphatic heterocycles.